The number of likely N-dealkylation sites (tertiary alicyclic amines) is 1. The van der Waals surface area contributed by atoms with Crippen LogP contribution in [0.2, 0.25) is 0 Å². The summed E-state index contributed by atoms with van der Waals surface area (Å²) in [5, 5.41) is 16.3. The van der Waals surface area contributed by atoms with Crippen molar-refractivity contribution in [3.8, 4) is 0 Å². The van der Waals surface area contributed by atoms with Gasteiger partial charge < -0.3 is 15.6 Å². The molecule has 24 heavy (non-hydrogen) atoms. The first-order valence-corrected chi connectivity index (χ1v) is 7.78. The standard InChI is InChI=1S/C16H20N4O4/c17-14(18)11-1-3-12(4-2-11)20-10-16(24-15(20)23)5-7-19(8-6-16)9-13(21)22/h1-4H,5-10H2,(H3,17,18)(H,21,22). The van der Waals surface area contributed by atoms with Gasteiger partial charge in [-0.3, -0.25) is 20.0 Å². The number of carbonyl (C=O) groups excluding carboxylic acids is 1. The van der Waals surface area contributed by atoms with Gasteiger partial charge in [0.25, 0.3) is 0 Å². The van der Waals surface area contributed by atoms with Gasteiger partial charge in [0.2, 0.25) is 0 Å². The van der Waals surface area contributed by atoms with Gasteiger partial charge in [0, 0.05) is 37.2 Å². The number of piperidine rings is 1. The average molecular weight is 332 g/mol. The molecule has 2 fully saturated rings. The second-order valence-electron chi connectivity index (χ2n) is 6.27. The number of nitrogens with zero attached hydrogens (tertiary/aromatic N) is 2. The van der Waals surface area contributed by atoms with Gasteiger partial charge in [0.15, 0.2) is 0 Å². The monoisotopic (exact) mass is 332 g/mol. The summed E-state index contributed by atoms with van der Waals surface area (Å²) in [4.78, 5) is 26.5. The highest BCUT2D eigenvalue weighted by molar-refractivity contribution is 5.96. The number of nitrogens with one attached hydrogen (secondary N) is 1. The van der Waals surface area contributed by atoms with E-state index in [0.29, 0.717) is 43.7 Å². The number of nitrogens with two attached hydrogens (primary N) is 1. The zero-order valence-electron chi connectivity index (χ0n) is 13.2. The third kappa shape index (κ3) is 3.18. The number of rotatable bonds is 4. The Morgan fingerprint density at radius 1 is 1.29 bits per heavy atom. The maximum atomic E-state index is 12.3. The van der Waals surface area contributed by atoms with E-state index in [1.165, 1.54) is 0 Å². The Bertz CT molecular complexity index is 665. The largest absolute Gasteiger partial charge is 0.480 e. The van der Waals surface area contributed by atoms with Gasteiger partial charge in [-0.25, -0.2) is 4.79 Å². The molecule has 1 amide bonds. The zero-order chi connectivity index (χ0) is 17.3. The van der Waals surface area contributed by atoms with Crippen LogP contribution in [0, 0.1) is 5.41 Å². The van der Waals surface area contributed by atoms with E-state index < -0.39 is 17.7 Å². The Kier molecular flexibility index (Phi) is 4.15. The number of hydrogen-bond donors (Lipinski definition) is 3. The van der Waals surface area contributed by atoms with Crippen LogP contribution < -0.4 is 10.6 Å². The zero-order valence-corrected chi connectivity index (χ0v) is 13.2. The average Bonchev–Trinajstić information content (AvgIpc) is 2.86. The third-order valence-corrected chi connectivity index (χ3v) is 4.59. The normalized spacial score (nSPS) is 20.2. The number of carboxylic acids is 1. The molecule has 8 nitrogen and oxygen atoms in total. The lowest BCUT2D eigenvalue weighted by Gasteiger charge is -2.36. The van der Waals surface area contributed by atoms with Crippen molar-refractivity contribution < 1.29 is 19.4 Å². The summed E-state index contributed by atoms with van der Waals surface area (Å²) in [5.74, 6) is -0.866. The summed E-state index contributed by atoms with van der Waals surface area (Å²) in [6.45, 7) is 1.65. The van der Waals surface area contributed by atoms with Gasteiger partial charge in [-0.1, -0.05) is 0 Å². The number of hydrogen-bond acceptors (Lipinski definition) is 5. The van der Waals surface area contributed by atoms with Crippen LogP contribution in [0.5, 0.6) is 0 Å². The number of benzene rings is 1. The van der Waals surface area contributed by atoms with Crippen molar-refractivity contribution in [2.45, 2.75) is 18.4 Å². The molecule has 0 aliphatic carbocycles. The molecule has 0 bridgehead atoms. The summed E-state index contributed by atoms with van der Waals surface area (Å²) < 4.78 is 5.63. The van der Waals surface area contributed by atoms with E-state index in [4.69, 9.17) is 21.0 Å². The number of anilines is 1. The highest BCUT2D eigenvalue weighted by Gasteiger charge is 2.47. The third-order valence-electron chi connectivity index (χ3n) is 4.59. The predicted molar refractivity (Wildman–Crippen MR) is 87.3 cm³/mol. The molecule has 8 heteroatoms. The number of carbonyl (C=O) groups is 2. The van der Waals surface area contributed by atoms with Gasteiger partial charge in [-0.05, 0) is 24.3 Å². The van der Waals surface area contributed by atoms with E-state index >= 15 is 0 Å². The van der Waals surface area contributed by atoms with Crippen molar-refractivity contribution in [1.82, 2.24) is 4.90 Å². The van der Waals surface area contributed by atoms with E-state index in [1.54, 1.807) is 29.2 Å². The number of carboxylic acid groups (broad SMARTS) is 1. The molecule has 0 radical (unpaired) electrons. The Morgan fingerprint density at radius 2 is 1.92 bits per heavy atom. The molecule has 4 N–H and O–H groups in total. The van der Waals surface area contributed by atoms with Crippen LogP contribution in [0.15, 0.2) is 24.3 Å². The molecule has 2 aliphatic heterocycles. The van der Waals surface area contributed by atoms with E-state index in [-0.39, 0.29) is 12.4 Å². The van der Waals surface area contributed by atoms with E-state index in [2.05, 4.69) is 0 Å². The SMILES string of the molecule is N=C(N)c1ccc(N2CC3(CCN(CC(=O)O)CC3)OC2=O)cc1. The highest BCUT2D eigenvalue weighted by atomic mass is 16.6. The molecular weight excluding hydrogens is 312 g/mol. The molecule has 0 atom stereocenters. The van der Waals surface area contributed by atoms with Gasteiger partial charge in [-0.15, -0.1) is 0 Å². The molecule has 128 valence electrons. The fourth-order valence-electron chi connectivity index (χ4n) is 3.21. The molecule has 1 aromatic rings. The van der Waals surface area contributed by atoms with Crippen LogP contribution in [-0.4, -0.2) is 59.7 Å². The number of amides is 1. The van der Waals surface area contributed by atoms with Crippen molar-refractivity contribution in [1.29, 1.82) is 5.41 Å². The van der Waals surface area contributed by atoms with Gasteiger partial charge in [0.05, 0.1) is 13.1 Å². The number of aliphatic carboxylic acids is 1. The Hall–Kier alpha value is -2.61. The van der Waals surface area contributed by atoms with Crippen LogP contribution in [0.25, 0.3) is 0 Å². The lowest BCUT2D eigenvalue weighted by atomic mass is 9.91. The summed E-state index contributed by atoms with van der Waals surface area (Å²) in [5.41, 5.74) is 6.19. The minimum atomic E-state index is -0.846. The van der Waals surface area contributed by atoms with Gasteiger partial charge in [-0.2, -0.15) is 0 Å². The van der Waals surface area contributed by atoms with Crippen molar-refractivity contribution in [2.75, 3.05) is 31.1 Å². The predicted octanol–water partition coefficient (Wildman–Crippen LogP) is 0.846. The molecule has 0 aromatic heterocycles. The van der Waals surface area contributed by atoms with E-state index in [9.17, 15) is 9.59 Å². The van der Waals surface area contributed by atoms with E-state index in [1.807, 2.05) is 4.90 Å². The molecule has 0 saturated carbocycles. The first kappa shape index (κ1) is 16.3. The summed E-state index contributed by atoms with van der Waals surface area (Å²) in [6, 6.07) is 6.89. The minimum Gasteiger partial charge on any atom is -0.480 e. The maximum absolute atomic E-state index is 12.3. The van der Waals surface area contributed by atoms with Crippen molar-refractivity contribution in [3.05, 3.63) is 29.8 Å². The molecule has 3 rings (SSSR count). The van der Waals surface area contributed by atoms with E-state index in [0.717, 1.165) is 0 Å². The number of amidine groups is 1. The van der Waals surface area contributed by atoms with Crippen LogP contribution in [0.4, 0.5) is 10.5 Å². The minimum absolute atomic E-state index is 0.0141. The molecule has 1 spiro atoms. The number of nitrogen functional groups attached to an aromatic ring is 1. The van der Waals surface area contributed by atoms with Crippen LogP contribution in [0.3, 0.4) is 0 Å². The second-order valence-corrected chi connectivity index (χ2v) is 6.27. The topological polar surface area (TPSA) is 120 Å². The first-order chi connectivity index (χ1) is 11.4. The molecule has 1 aromatic carbocycles. The molecule has 0 unspecified atom stereocenters. The summed E-state index contributed by atoms with van der Waals surface area (Å²) in [7, 11) is 0. The second kappa shape index (κ2) is 6.12. The van der Waals surface area contributed by atoms with Gasteiger partial charge in [0.1, 0.15) is 11.4 Å². The Labute approximate surface area is 139 Å². The Balaban J connectivity index is 1.68. The van der Waals surface area contributed by atoms with Crippen molar-refractivity contribution >= 4 is 23.6 Å². The van der Waals surface area contributed by atoms with Crippen LogP contribution >= 0.6 is 0 Å². The fraction of sp³-hybridized carbons (Fsp3) is 0.438. The van der Waals surface area contributed by atoms with Crippen molar-refractivity contribution in [3.63, 3.8) is 0 Å². The van der Waals surface area contributed by atoms with Crippen LogP contribution in [0.1, 0.15) is 18.4 Å². The first-order valence-electron chi connectivity index (χ1n) is 7.78. The van der Waals surface area contributed by atoms with Gasteiger partial charge >= 0.3 is 12.1 Å². The lowest BCUT2D eigenvalue weighted by Crippen LogP contribution is -2.48. The molecule has 2 saturated heterocycles. The molecule has 2 heterocycles. The number of ether oxygens (including phenoxy) is 1. The van der Waals surface area contributed by atoms with Crippen molar-refractivity contribution in [2.24, 2.45) is 5.73 Å². The fourth-order valence-corrected chi connectivity index (χ4v) is 3.21. The molecule has 2 aliphatic rings. The Morgan fingerprint density at radius 3 is 2.46 bits per heavy atom. The summed E-state index contributed by atoms with van der Waals surface area (Å²) in [6.07, 6.45) is 0.847. The maximum Gasteiger partial charge on any atom is 0.415 e. The highest BCUT2D eigenvalue weighted by Crippen LogP contribution is 2.35. The smallest absolute Gasteiger partial charge is 0.415 e. The quantitative estimate of drug-likeness (QED) is 0.555. The molecular formula is C16H20N4O4. The van der Waals surface area contributed by atoms with Crippen LogP contribution in [-0.2, 0) is 9.53 Å². The summed E-state index contributed by atoms with van der Waals surface area (Å²) >= 11 is 0. The lowest BCUT2D eigenvalue weighted by molar-refractivity contribution is -0.139.